The molecule has 16 heavy (non-hydrogen) atoms. The van der Waals surface area contributed by atoms with Crippen LogP contribution in [0.3, 0.4) is 0 Å². The number of halogens is 3. The SMILES string of the molecule is O=C(OC1(C(F)(F)F)N=N1)c1ccccc1. The lowest BCUT2D eigenvalue weighted by atomic mass is 10.2. The summed E-state index contributed by atoms with van der Waals surface area (Å²) in [5.74, 6) is -4.09. The van der Waals surface area contributed by atoms with Gasteiger partial charge in [-0.3, -0.25) is 0 Å². The van der Waals surface area contributed by atoms with Gasteiger partial charge in [0.15, 0.2) is 0 Å². The van der Waals surface area contributed by atoms with Crippen LogP contribution in [0.2, 0.25) is 0 Å². The third-order valence-electron chi connectivity index (χ3n) is 1.90. The third-order valence-corrected chi connectivity index (χ3v) is 1.90. The fraction of sp³-hybridized carbons (Fsp3) is 0.222. The molecular weight excluding hydrogens is 225 g/mol. The second kappa shape index (κ2) is 3.29. The smallest absolute Gasteiger partial charge is 0.403 e. The quantitative estimate of drug-likeness (QED) is 0.733. The van der Waals surface area contributed by atoms with E-state index in [-0.39, 0.29) is 5.56 Å². The van der Waals surface area contributed by atoms with E-state index < -0.39 is 18.0 Å². The largest absolute Gasteiger partial charge is 0.478 e. The summed E-state index contributed by atoms with van der Waals surface area (Å²) in [6.45, 7) is 0. The molecule has 0 unspecified atom stereocenters. The molecule has 0 aromatic heterocycles. The Hall–Kier alpha value is -1.92. The first kappa shape index (κ1) is 10.6. The number of nitrogens with zero attached hydrogens (tertiary/aromatic N) is 2. The standard InChI is InChI=1S/C9H5F3N2O2/c10-8(11,12)9(13-14-9)16-7(15)6-4-2-1-3-5-6/h1-5H. The Morgan fingerprint density at radius 3 is 2.19 bits per heavy atom. The highest BCUT2D eigenvalue weighted by molar-refractivity contribution is 5.89. The first-order chi connectivity index (χ1) is 7.45. The van der Waals surface area contributed by atoms with Crippen molar-refractivity contribution in [3.63, 3.8) is 0 Å². The van der Waals surface area contributed by atoms with Crippen LogP contribution in [-0.4, -0.2) is 18.0 Å². The maximum absolute atomic E-state index is 12.3. The minimum atomic E-state index is -4.81. The fourth-order valence-electron chi connectivity index (χ4n) is 1.02. The lowest BCUT2D eigenvalue weighted by Crippen LogP contribution is -2.37. The molecule has 0 amide bonds. The van der Waals surface area contributed by atoms with Gasteiger partial charge >= 0.3 is 18.0 Å². The van der Waals surface area contributed by atoms with Crippen molar-refractivity contribution in [2.75, 3.05) is 0 Å². The van der Waals surface area contributed by atoms with Gasteiger partial charge in [0.05, 0.1) is 5.56 Å². The van der Waals surface area contributed by atoms with Crippen molar-refractivity contribution in [2.24, 2.45) is 10.2 Å². The average molecular weight is 230 g/mol. The van der Waals surface area contributed by atoms with Crippen molar-refractivity contribution in [3.8, 4) is 0 Å². The van der Waals surface area contributed by atoms with Crippen LogP contribution in [0.4, 0.5) is 13.2 Å². The molecule has 1 aromatic rings. The molecule has 1 aliphatic rings. The first-order valence-corrected chi connectivity index (χ1v) is 4.24. The highest BCUT2D eigenvalue weighted by Crippen LogP contribution is 2.45. The normalized spacial score (nSPS) is 16.9. The van der Waals surface area contributed by atoms with Crippen LogP contribution >= 0.6 is 0 Å². The van der Waals surface area contributed by atoms with E-state index >= 15 is 0 Å². The van der Waals surface area contributed by atoms with Gasteiger partial charge in [0.25, 0.3) is 0 Å². The maximum atomic E-state index is 12.3. The molecule has 0 saturated heterocycles. The summed E-state index contributed by atoms with van der Waals surface area (Å²) < 4.78 is 41.1. The van der Waals surface area contributed by atoms with E-state index in [4.69, 9.17) is 0 Å². The minimum absolute atomic E-state index is 0.0171. The Labute approximate surface area is 87.7 Å². The fourth-order valence-corrected chi connectivity index (χ4v) is 1.02. The van der Waals surface area contributed by atoms with Crippen molar-refractivity contribution in [1.29, 1.82) is 0 Å². The molecule has 2 rings (SSSR count). The van der Waals surface area contributed by atoms with E-state index in [1.165, 1.54) is 24.3 Å². The summed E-state index contributed by atoms with van der Waals surface area (Å²) in [7, 11) is 0. The van der Waals surface area contributed by atoms with E-state index in [0.717, 1.165) is 0 Å². The Balaban J connectivity index is 2.10. The van der Waals surface area contributed by atoms with Crippen LogP contribution in [0.25, 0.3) is 0 Å². The highest BCUT2D eigenvalue weighted by Gasteiger charge is 2.68. The topological polar surface area (TPSA) is 51.0 Å². The van der Waals surface area contributed by atoms with Gasteiger partial charge in [-0.2, -0.15) is 13.2 Å². The lowest BCUT2D eigenvalue weighted by molar-refractivity contribution is -0.225. The molecule has 0 bridgehead atoms. The molecule has 0 saturated carbocycles. The van der Waals surface area contributed by atoms with Crippen LogP contribution < -0.4 is 0 Å². The number of carbonyl (C=O) groups is 1. The number of alkyl halides is 3. The van der Waals surface area contributed by atoms with Crippen molar-refractivity contribution in [1.82, 2.24) is 0 Å². The van der Waals surface area contributed by atoms with Gasteiger partial charge in [0, 0.05) is 0 Å². The second-order valence-electron chi connectivity index (χ2n) is 3.06. The maximum Gasteiger partial charge on any atom is 0.478 e. The van der Waals surface area contributed by atoms with E-state index in [9.17, 15) is 18.0 Å². The Morgan fingerprint density at radius 1 is 1.19 bits per heavy atom. The molecule has 7 heteroatoms. The van der Waals surface area contributed by atoms with Crippen LogP contribution in [-0.2, 0) is 4.74 Å². The summed E-state index contributed by atoms with van der Waals surface area (Å²) in [6, 6.07) is 7.34. The number of carbonyl (C=O) groups excluding carboxylic acids is 1. The van der Waals surface area contributed by atoms with Crippen molar-refractivity contribution in [2.45, 2.75) is 12.0 Å². The zero-order valence-electron chi connectivity index (χ0n) is 7.73. The Morgan fingerprint density at radius 2 is 1.75 bits per heavy atom. The summed E-state index contributed by atoms with van der Waals surface area (Å²) in [5, 5.41) is 5.46. The number of ether oxygens (including phenoxy) is 1. The van der Waals surface area contributed by atoms with Crippen LogP contribution in [0.15, 0.2) is 40.6 Å². The molecule has 1 aromatic carbocycles. The van der Waals surface area contributed by atoms with Gasteiger partial charge in [-0.25, -0.2) is 4.79 Å². The number of rotatable bonds is 2. The van der Waals surface area contributed by atoms with E-state index in [0.29, 0.717) is 0 Å². The number of hydrogen-bond donors (Lipinski definition) is 0. The van der Waals surface area contributed by atoms with Crippen molar-refractivity contribution in [3.05, 3.63) is 35.9 Å². The molecule has 0 aliphatic carbocycles. The van der Waals surface area contributed by atoms with E-state index in [1.807, 2.05) is 0 Å². The van der Waals surface area contributed by atoms with Crippen LogP contribution in [0, 0.1) is 0 Å². The number of esters is 1. The van der Waals surface area contributed by atoms with Crippen LogP contribution in [0.5, 0.6) is 0 Å². The Kier molecular flexibility index (Phi) is 2.18. The molecule has 1 heterocycles. The van der Waals surface area contributed by atoms with Gasteiger partial charge in [-0.1, -0.05) is 18.2 Å². The molecule has 0 spiro atoms. The molecule has 0 atom stereocenters. The van der Waals surface area contributed by atoms with E-state index in [2.05, 4.69) is 15.0 Å². The molecule has 1 aliphatic heterocycles. The van der Waals surface area contributed by atoms with Crippen molar-refractivity contribution < 1.29 is 22.7 Å². The summed E-state index contributed by atoms with van der Waals surface area (Å²) >= 11 is 0. The van der Waals surface area contributed by atoms with Gasteiger partial charge in [-0.05, 0) is 12.1 Å². The summed E-state index contributed by atoms with van der Waals surface area (Å²) in [5.41, 5.74) is 0.0171. The van der Waals surface area contributed by atoms with Gasteiger partial charge < -0.3 is 4.74 Å². The average Bonchev–Trinajstić information content (AvgIpc) is 2.99. The Bertz CT molecular complexity index is 436. The zero-order chi connectivity index (χ0) is 11.8. The van der Waals surface area contributed by atoms with Crippen LogP contribution in [0.1, 0.15) is 10.4 Å². The zero-order valence-corrected chi connectivity index (χ0v) is 7.73. The number of hydrogen-bond acceptors (Lipinski definition) is 4. The highest BCUT2D eigenvalue weighted by atomic mass is 19.4. The third kappa shape index (κ3) is 1.75. The molecular formula is C9H5F3N2O2. The molecule has 0 N–H and O–H groups in total. The molecule has 0 fully saturated rings. The van der Waals surface area contributed by atoms with E-state index in [1.54, 1.807) is 6.07 Å². The minimum Gasteiger partial charge on any atom is -0.403 e. The van der Waals surface area contributed by atoms with Crippen molar-refractivity contribution >= 4 is 5.97 Å². The molecule has 4 nitrogen and oxygen atoms in total. The lowest BCUT2D eigenvalue weighted by Gasteiger charge is -2.14. The van der Waals surface area contributed by atoms with Gasteiger partial charge in [-0.15, -0.1) is 10.2 Å². The predicted molar refractivity (Wildman–Crippen MR) is 45.5 cm³/mol. The van der Waals surface area contributed by atoms with Gasteiger partial charge in [0.1, 0.15) is 0 Å². The second-order valence-corrected chi connectivity index (χ2v) is 3.06. The monoisotopic (exact) mass is 230 g/mol. The summed E-state index contributed by atoms with van der Waals surface area (Å²) in [4.78, 5) is 11.3. The summed E-state index contributed by atoms with van der Waals surface area (Å²) in [6.07, 6.45) is -4.81. The van der Waals surface area contributed by atoms with Gasteiger partial charge in [0.2, 0.25) is 0 Å². The predicted octanol–water partition coefficient (Wildman–Crippen LogP) is 2.53. The number of benzene rings is 1. The first-order valence-electron chi connectivity index (χ1n) is 4.24. The molecule has 0 radical (unpaired) electrons. The molecule has 84 valence electrons.